The third-order valence-electron chi connectivity index (χ3n) is 3.47. The average Bonchev–Trinajstić information content (AvgIpc) is 2.58. The van der Waals surface area contributed by atoms with Crippen LogP contribution in [-0.4, -0.2) is 17.1 Å². The zero-order valence-corrected chi connectivity index (χ0v) is 10.4. The average molecular weight is 219 g/mol. The summed E-state index contributed by atoms with van der Waals surface area (Å²) in [7, 11) is 0. The van der Waals surface area contributed by atoms with Crippen LogP contribution in [0.5, 0.6) is 0 Å². The van der Waals surface area contributed by atoms with Gasteiger partial charge in [0.2, 0.25) is 0 Å². The molecular weight excluding hydrogens is 198 g/mol. The minimum absolute atomic E-state index is 0.0631. The first-order valence-electron chi connectivity index (χ1n) is 6.00. The summed E-state index contributed by atoms with van der Waals surface area (Å²) in [6, 6.07) is 4.24. The lowest BCUT2D eigenvalue weighted by Gasteiger charge is -2.32. The van der Waals surface area contributed by atoms with Crippen LogP contribution in [0.2, 0.25) is 0 Å². The number of pyridine rings is 1. The fraction of sp³-hybridized carbons (Fsp3) is 0.615. The van der Waals surface area contributed by atoms with E-state index in [9.17, 15) is 0 Å². The van der Waals surface area contributed by atoms with Gasteiger partial charge in [-0.1, -0.05) is 6.07 Å². The van der Waals surface area contributed by atoms with Crippen molar-refractivity contribution >= 4 is 5.82 Å². The van der Waals surface area contributed by atoms with E-state index in [1.807, 2.05) is 13.1 Å². The monoisotopic (exact) mass is 219 g/mol. The fourth-order valence-corrected chi connectivity index (χ4v) is 2.36. The van der Waals surface area contributed by atoms with Crippen LogP contribution < -0.4 is 10.6 Å². The van der Waals surface area contributed by atoms with Gasteiger partial charge in [0, 0.05) is 24.3 Å². The van der Waals surface area contributed by atoms with Gasteiger partial charge in [-0.2, -0.15) is 0 Å². The summed E-state index contributed by atoms with van der Waals surface area (Å²) in [5.41, 5.74) is 7.15. The van der Waals surface area contributed by atoms with E-state index in [0.717, 1.165) is 17.9 Å². The van der Waals surface area contributed by atoms with E-state index in [0.29, 0.717) is 0 Å². The third-order valence-corrected chi connectivity index (χ3v) is 3.47. The quantitative estimate of drug-likeness (QED) is 0.831. The van der Waals surface area contributed by atoms with Crippen molar-refractivity contribution in [3.8, 4) is 0 Å². The normalized spacial score (nSPS) is 21.1. The Kier molecular flexibility index (Phi) is 2.89. The van der Waals surface area contributed by atoms with Crippen molar-refractivity contribution in [3.05, 3.63) is 23.9 Å². The Morgan fingerprint density at radius 1 is 1.44 bits per heavy atom. The predicted octanol–water partition coefficient (Wildman–Crippen LogP) is 2.48. The minimum Gasteiger partial charge on any atom is -0.352 e. The maximum absolute atomic E-state index is 5.82. The number of anilines is 1. The number of aromatic nitrogens is 1. The summed E-state index contributed by atoms with van der Waals surface area (Å²) in [6.07, 6.45) is 4.39. The van der Waals surface area contributed by atoms with Crippen molar-refractivity contribution in [3.63, 3.8) is 0 Å². The van der Waals surface area contributed by atoms with Crippen LogP contribution in [0, 0.1) is 0 Å². The van der Waals surface area contributed by atoms with Gasteiger partial charge in [0.15, 0.2) is 0 Å². The zero-order chi connectivity index (χ0) is 11.8. The van der Waals surface area contributed by atoms with Crippen LogP contribution in [0.3, 0.4) is 0 Å². The molecule has 1 aromatic heterocycles. The molecule has 16 heavy (non-hydrogen) atoms. The Bertz CT molecular complexity index is 354. The first-order valence-corrected chi connectivity index (χ1v) is 6.00. The molecule has 2 N–H and O–H groups in total. The molecule has 2 rings (SSSR count). The van der Waals surface area contributed by atoms with Crippen LogP contribution >= 0.6 is 0 Å². The van der Waals surface area contributed by atoms with Crippen molar-refractivity contribution in [1.82, 2.24) is 4.98 Å². The first kappa shape index (κ1) is 11.4. The van der Waals surface area contributed by atoms with E-state index in [-0.39, 0.29) is 11.6 Å². The Balaban J connectivity index is 2.22. The van der Waals surface area contributed by atoms with Gasteiger partial charge in [0.1, 0.15) is 5.82 Å². The molecule has 0 amide bonds. The Labute approximate surface area is 97.7 Å². The smallest absolute Gasteiger partial charge is 0.128 e. The highest BCUT2D eigenvalue weighted by Gasteiger charge is 2.32. The number of rotatable bonds is 2. The van der Waals surface area contributed by atoms with Crippen LogP contribution in [0.1, 0.15) is 45.2 Å². The zero-order valence-electron chi connectivity index (χ0n) is 10.4. The highest BCUT2D eigenvalue weighted by molar-refractivity contribution is 5.44. The van der Waals surface area contributed by atoms with Gasteiger partial charge < -0.3 is 10.6 Å². The van der Waals surface area contributed by atoms with E-state index in [1.165, 1.54) is 12.8 Å². The Morgan fingerprint density at radius 2 is 2.19 bits per heavy atom. The molecule has 0 radical (unpaired) electrons. The molecule has 1 aliphatic heterocycles. The van der Waals surface area contributed by atoms with Crippen molar-refractivity contribution in [2.75, 3.05) is 11.4 Å². The lowest BCUT2D eigenvalue weighted by Crippen LogP contribution is -2.38. The lowest BCUT2D eigenvalue weighted by molar-refractivity contribution is 0.514. The van der Waals surface area contributed by atoms with Gasteiger partial charge in [-0.05, 0) is 45.2 Å². The van der Waals surface area contributed by atoms with Crippen molar-refractivity contribution in [2.24, 2.45) is 5.73 Å². The number of nitrogens with two attached hydrogens (primary N) is 1. The molecule has 3 heteroatoms. The molecule has 0 saturated carbocycles. The standard InChI is InChI=1S/C13H21N3/c1-10(14)11-5-6-12(15-9-11)16-8-4-7-13(16,2)3/h5-6,9-10H,4,7-8,14H2,1-3H3/t10-/m1/s1. The largest absolute Gasteiger partial charge is 0.352 e. The molecule has 0 aromatic carbocycles. The van der Waals surface area contributed by atoms with Crippen LogP contribution in [0.4, 0.5) is 5.82 Å². The van der Waals surface area contributed by atoms with Crippen LogP contribution in [0.25, 0.3) is 0 Å². The van der Waals surface area contributed by atoms with Gasteiger partial charge in [-0.3, -0.25) is 0 Å². The molecule has 2 heterocycles. The first-order chi connectivity index (χ1) is 7.50. The summed E-state index contributed by atoms with van der Waals surface area (Å²) in [5.74, 6) is 1.08. The van der Waals surface area contributed by atoms with Gasteiger partial charge in [-0.15, -0.1) is 0 Å². The van der Waals surface area contributed by atoms with Crippen LogP contribution in [0.15, 0.2) is 18.3 Å². The summed E-state index contributed by atoms with van der Waals surface area (Å²) < 4.78 is 0. The molecule has 88 valence electrons. The summed E-state index contributed by atoms with van der Waals surface area (Å²) in [5, 5.41) is 0. The summed E-state index contributed by atoms with van der Waals surface area (Å²) in [6.45, 7) is 7.65. The molecule has 3 nitrogen and oxygen atoms in total. The lowest BCUT2D eigenvalue weighted by atomic mass is 10.0. The number of hydrogen-bond acceptors (Lipinski definition) is 3. The molecule has 1 aromatic rings. The van der Waals surface area contributed by atoms with Gasteiger partial charge in [-0.25, -0.2) is 4.98 Å². The van der Waals surface area contributed by atoms with Crippen LogP contribution in [-0.2, 0) is 0 Å². The van der Waals surface area contributed by atoms with Gasteiger partial charge in [0.25, 0.3) is 0 Å². The van der Waals surface area contributed by atoms with E-state index in [4.69, 9.17) is 5.73 Å². The maximum Gasteiger partial charge on any atom is 0.128 e. The third kappa shape index (κ3) is 2.05. The second-order valence-electron chi connectivity index (χ2n) is 5.31. The SMILES string of the molecule is C[C@@H](N)c1ccc(N2CCCC2(C)C)nc1. The number of nitrogens with zero attached hydrogens (tertiary/aromatic N) is 2. The predicted molar refractivity (Wildman–Crippen MR) is 67.5 cm³/mol. The molecular formula is C13H21N3. The van der Waals surface area contributed by atoms with Crippen molar-refractivity contribution < 1.29 is 0 Å². The second-order valence-corrected chi connectivity index (χ2v) is 5.31. The Morgan fingerprint density at radius 3 is 2.62 bits per heavy atom. The summed E-state index contributed by atoms with van der Waals surface area (Å²) >= 11 is 0. The molecule has 1 fully saturated rings. The highest BCUT2D eigenvalue weighted by Crippen LogP contribution is 2.32. The topological polar surface area (TPSA) is 42.1 Å². The van der Waals surface area contributed by atoms with Crippen molar-refractivity contribution in [2.45, 2.75) is 45.2 Å². The molecule has 0 bridgehead atoms. The van der Waals surface area contributed by atoms with E-state index in [2.05, 4.69) is 35.9 Å². The minimum atomic E-state index is 0.0631. The summed E-state index contributed by atoms with van der Waals surface area (Å²) in [4.78, 5) is 6.91. The Hall–Kier alpha value is -1.09. The fourth-order valence-electron chi connectivity index (χ4n) is 2.36. The van der Waals surface area contributed by atoms with E-state index < -0.39 is 0 Å². The molecule has 0 aliphatic carbocycles. The molecule has 1 aliphatic rings. The second kappa shape index (κ2) is 4.06. The molecule has 1 atom stereocenters. The maximum atomic E-state index is 5.82. The highest BCUT2D eigenvalue weighted by atomic mass is 15.3. The molecule has 1 saturated heterocycles. The van der Waals surface area contributed by atoms with E-state index >= 15 is 0 Å². The molecule has 0 unspecified atom stereocenters. The van der Waals surface area contributed by atoms with E-state index in [1.54, 1.807) is 0 Å². The van der Waals surface area contributed by atoms with Gasteiger partial charge >= 0.3 is 0 Å². The molecule has 0 spiro atoms. The van der Waals surface area contributed by atoms with Gasteiger partial charge in [0.05, 0.1) is 0 Å². The number of hydrogen-bond donors (Lipinski definition) is 1. The van der Waals surface area contributed by atoms with Crippen molar-refractivity contribution in [1.29, 1.82) is 0 Å².